The lowest BCUT2D eigenvalue weighted by Gasteiger charge is -2.32. The van der Waals surface area contributed by atoms with E-state index in [0.717, 1.165) is 17.3 Å². The van der Waals surface area contributed by atoms with Gasteiger partial charge in [0.1, 0.15) is 16.9 Å². The first kappa shape index (κ1) is 16.6. The highest BCUT2D eigenvalue weighted by Gasteiger charge is 2.59. The number of benzene rings is 1. The quantitative estimate of drug-likeness (QED) is 0.825. The van der Waals surface area contributed by atoms with E-state index in [1.165, 1.54) is 11.2 Å². The molecule has 2 aromatic rings. The van der Waals surface area contributed by atoms with Crippen molar-refractivity contribution < 1.29 is 14.0 Å². The van der Waals surface area contributed by atoms with E-state index in [2.05, 4.69) is 6.07 Å². The lowest BCUT2D eigenvalue weighted by Crippen LogP contribution is -2.39. The Balaban J connectivity index is 1.80. The zero-order valence-corrected chi connectivity index (χ0v) is 14.7. The van der Waals surface area contributed by atoms with E-state index < -0.39 is 23.0 Å². The summed E-state index contributed by atoms with van der Waals surface area (Å²) in [5, 5.41) is 17.1. The van der Waals surface area contributed by atoms with Gasteiger partial charge in [0.05, 0.1) is 34.9 Å². The van der Waals surface area contributed by atoms with Crippen molar-refractivity contribution in [1.29, 1.82) is 10.7 Å². The first-order valence-electron chi connectivity index (χ1n) is 8.15. The molecule has 1 aromatic carbocycles. The molecular weight excluding hydrogens is 350 g/mol. The van der Waals surface area contributed by atoms with E-state index in [0.29, 0.717) is 11.4 Å². The van der Waals surface area contributed by atoms with Crippen molar-refractivity contribution >= 4 is 34.3 Å². The van der Waals surface area contributed by atoms with Gasteiger partial charge in [0.15, 0.2) is 0 Å². The molecule has 26 heavy (non-hydrogen) atoms. The Morgan fingerprint density at radius 3 is 2.50 bits per heavy atom. The highest BCUT2D eigenvalue weighted by Crippen LogP contribution is 2.50. The summed E-state index contributed by atoms with van der Waals surface area (Å²) in [4.78, 5) is 27.3. The Labute approximate surface area is 154 Å². The summed E-state index contributed by atoms with van der Waals surface area (Å²) in [5.74, 6) is -2.39. The summed E-state index contributed by atoms with van der Waals surface area (Å²) in [6.45, 7) is 1.93. The van der Waals surface area contributed by atoms with Crippen molar-refractivity contribution in [3.05, 3.63) is 54.0 Å². The van der Waals surface area contributed by atoms with E-state index >= 15 is 0 Å². The number of carbonyl (C=O) groups is 2. The van der Waals surface area contributed by atoms with Gasteiger partial charge in [-0.1, -0.05) is 29.5 Å². The van der Waals surface area contributed by atoms with Crippen LogP contribution in [0.4, 0.5) is 5.69 Å². The van der Waals surface area contributed by atoms with Gasteiger partial charge in [-0.05, 0) is 31.2 Å². The number of amides is 2. The average Bonchev–Trinajstić information content (AvgIpc) is 3.23. The molecular formula is C19H15N3O3S. The minimum atomic E-state index is -0.804. The number of nitriles is 1. The smallest absolute Gasteiger partial charge is 0.248 e. The van der Waals surface area contributed by atoms with Gasteiger partial charge in [0.25, 0.3) is 0 Å². The van der Waals surface area contributed by atoms with Crippen molar-refractivity contribution in [2.45, 2.75) is 18.1 Å². The fourth-order valence-corrected chi connectivity index (χ4v) is 4.88. The van der Waals surface area contributed by atoms with Crippen LogP contribution in [-0.2, 0) is 9.59 Å². The maximum absolute atomic E-state index is 13.2. The molecule has 4 atom stereocenters. The number of carbonyl (C=O) groups excluding carboxylic acids is 2. The maximum Gasteiger partial charge on any atom is 0.248 e. The van der Waals surface area contributed by atoms with Crippen LogP contribution in [0.2, 0.25) is 0 Å². The normalized spacial score (nSPS) is 28.2. The Morgan fingerprint density at radius 2 is 1.88 bits per heavy atom. The topological polar surface area (TPSA) is 98.2 Å². The second kappa shape index (κ2) is 6.15. The van der Waals surface area contributed by atoms with E-state index in [1.807, 2.05) is 19.1 Å². The first-order valence-corrected chi connectivity index (χ1v) is 9.03. The molecule has 2 amide bonds. The molecule has 0 radical (unpaired) electrons. The lowest BCUT2D eigenvalue weighted by atomic mass is 9.79. The molecule has 2 aliphatic heterocycles. The molecule has 2 aliphatic rings. The van der Waals surface area contributed by atoms with E-state index in [1.54, 1.807) is 24.3 Å². The van der Waals surface area contributed by atoms with Crippen LogP contribution in [0.25, 0.3) is 0 Å². The third-order valence-corrected chi connectivity index (χ3v) is 6.14. The third-order valence-electron chi connectivity index (χ3n) is 4.88. The minimum Gasteiger partial charge on any atom is -0.469 e. The summed E-state index contributed by atoms with van der Waals surface area (Å²) in [6, 6.07) is 12.7. The van der Waals surface area contributed by atoms with Gasteiger partial charge in [-0.15, -0.1) is 0 Å². The number of furan rings is 1. The molecule has 7 heteroatoms. The van der Waals surface area contributed by atoms with Crippen molar-refractivity contribution in [2.75, 3.05) is 4.90 Å². The predicted molar refractivity (Wildman–Crippen MR) is 96.8 cm³/mol. The lowest BCUT2D eigenvalue weighted by molar-refractivity contribution is -0.122. The molecule has 0 unspecified atom stereocenters. The monoisotopic (exact) mass is 365 g/mol. The molecule has 3 heterocycles. The average molecular weight is 365 g/mol. The summed E-state index contributed by atoms with van der Waals surface area (Å²) >= 11 is 1.01. The largest absolute Gasteiger partial charge is 0.469 e. The number of nitrogens with one attached hydrogen (secondary N) is 1. The number of hydrogen-bond acceptors (Lipinski definition) is 6. The van der Waals surface area contributed by atoms with Gasteiger partial charge in [0, 0.05) is 0 Å². The molecule has 1 aromatic heterocycles. The van der Waals surface area contributed by atoms with Crippen LogP contribution < -0.4 is 4.90 Å². The Bertz CT molecular complexity index is 930. The number of nitrogens with zero attached hydrogens (tertiary/aromatic N) is 2. The van der Waals surface area contributed by atoms with Gasteiger partial charge in [-0.2, -0.15) is 5.26 Å². The molecule has 2 saturated heterocycles. The molecule has 2 fully saturated rings. The number of fused-ring (bicyclic) bond motifs is 1. The summed E-state index contributed by atoms with van der Waals surface area (Å²) < 4.78 is 5.46. The molecule has 1 N–H and O–H groups in total. The van der Waals surface area contributed by atoms with Gasteiger partial charge in [0.2, 0.25) is 11.8 Å². The molecule has 130 valence electrons. The minimum absolute atomic E-state index is 0.0991. The number of imide groups is 1. The molecule has 6 nitrogen and oxygen atoms in total. The number of anilines is 1. The number of hydrogen-bond donors (Lipinski definition) is 1. The van der Waals surface area contributed by atoms with Crippen LogP contribution in [0.1, 0.15) is 17.2 Å². The Hall–Kier alpha value is -2.85. The number of aryl methyl sites for hydroxylation is 1. The fourth-order valence-electron chi connectivity index (χ4n) is 3.62. The van der Waals surface area contributed by atoms with Gasteiger partial charge < -0.3 is 4.42 Å². The third kappa shape index (κ3) is 2.37. The summed E-state index contributed by atoms with van der Waals surface area (Å²) in [5.41, 5.74) is 1.54. The van der Waals surface area contributed by atoms with Gasteiger partial charge >= 0.3 is 0 Å². The Kier molecular flexibility index (Phi) is 3.93. The SMILES string of the molecule is Cc1ccc(N2C(=O)[C@@H]3[C@H](c4ccco4)[C@@H](C#N)C(=N)S[C@@H]3C2=O)cc1. The maximum atomic E-state index is 13.2. The predicted octanol–water partition coefficient (Wildman–Crippen LogP) is 3.09. The molecule has 0 aliphatic carbocycles. The van der Waals surface area contributed by atoms with Crippen molar-refractivity contribution in [2.24, 2.45) is 11.8 Å². The molecule has 0 bridgehead atoms. The van der Waals surface area contributed by atoms with Crippen LogP contribution >= 0.6 is 11.8 Å². The highest BCUT2D eigenvalue weighted by molar-refractivity contribution is 8.15. The van der Waals surface area contributed by atoms with Gasteiger partial charge in [-0.25, -0.2) is 4.90 Å². The van der Waals surface area contributed by atoms with E-state index in [4.69, 9.17) is 9.83 Å². The van der Waals surface area contributed by atoms with E-state index in [9.17, 15) is 14.9 Å². The van der Waals surface area contributed by atoms with Crippen LogP contribution in [-0.4, -0.2) is 22.1 Å². The molecule has 4 rings (SSSR count). The summed E-state index contributed by atoms with van der Waals surface area (Å²) in [6.07, 6.45) is 1.48. The zero-order chi connectivity index (χ0) is 18.4. The second-order valence-electron chi connectivity index (χ2n) is 6.42. The molecule has 0 spiro atoms. The van der Waals surface area contributed by atoms with Crippen LogP contribution in [0, 0.1) is 35.5 Å². The van der Waals surface area contributed by atoms with E-state index in [-0.39, 0.29) is 16.9 Å². The van der Waals surface area contributed by atoms with Crippen molar-refractivity contribution in [3.8, 4) is 6.07 Å². The zero-order valence-electron chi connectivity index (χ0n) is 13.9. The van der Waals surface area contributed by atoms with Crippen LogP contribution in [0.5, 0.6) is 0 Å². The van der Waals surface area contributed by atoms with Crippen LogP contribution in [0.15, 0.2) is 47.1 Å². The number of rotatable bonds is 2. The first-order chi connectivity index (χ1) is 12.5. The van der Waals surface area contributed by atoms with Crippen molar-refractivity contribution in [3.63, 3.8) is 0 Å². The number of thioether (sulfide) groups is 1. The second-order valence-corrected chi connectivity index (χ2v) is 7.61. The Morgan fingerprint density at radius 1 is 1.15 bits per heavy atom. The summed E-state index contributed by atoms with van der Waals surface area (Å²) in [7, 11) is 0. The van der Waals surface area contributed by atoms with Crippen molar-refractivity contribution in [1.82, 2.24) is 0 Å². The van der Waals surface area contributed by atoms with Gasteiger partial charge in [-0.3, -0.25) is 15.0 Å². The molecule has 0 saturated carbocycles. The highest BCUT2D eigenvalue weighted by atomic mass is 32.2. The fraction of sp³-hybridized carbons (Fsp3) is 0.263. The standard InChI is InChI=1S/C19H15N3O3S/c1-10-4-6-11(7-5-10)22-18(23)15-14(13-3-2-8-25-13)12(9-20)17(21)26-16(15)19(22)24/h2-8,12,14-16,21H,1H3/t12-,14+,15-,16+/m1/s1. The van der Waals surface area contributed by atoms with Crippen LogP contribution in [0.3, 0.4) is 0 Å².